The molecule has 3 aromatic rings. The summed E-state index contributed by atoms with van der Waals surface area (Å²) in [5.41, 5.74) is 1.15. The van der Waals surface area contributed by atoms with E-state index in [4.69, 9.17) is 18.9 Å². The molecule has 0 aliphatic rings. The molecule has 0 unspecified atom stereocenters. The molecule has 0 aliphatic carbocycles. The minimum Gasteiger partial charge on any atom is -0.496 e. The van der Waals surface area contributed by atoms with Crippen LogP contribution in [0.1, 0.15) is 17.3 Å². The van der Waals surface area contributed by atoms with Crippen LogP contribution < -0.4 is 24.3 Å². The molecule has 1 amide bonds. The Morgan fingerprint density at radius 1 is 0.767 bits per heavy atom. The number of carbonyl (C=O) groups is 1. The van der Waals surface area contributed by atoms with Gasteiger partial charge in [0.2, 0.25) is 0 Å². The highest BCUT2D eigenvalue weighted by molar-refractivity contribution is 6.06. The third-order valence-corrected chi connectivity index (χ3v) is 4.22. The summed E-state index contributed by atoms with van der Waals surface area (Å²) >= 11 is 0. The molecule has 6 nitrogen and oxygen atoms in total. The van der Waals surface area contributed by atoms with Gasteiger partial charge in [0.15, 0.2) is 0 Å². The zero-order valence-corrected chi connectivity index (χ0v) is 17.1. The molecule has 0 saturated heterocycles. The molecule has 0 saturated carbocycles. The number of carbonyl (C=O) groups excluding carboxylic acids is 1. The topological polar surface area (TPSA) is 66.0 Å². The maximum absolute atomic E-state index is 12.4. The number of methoxy groups -OCH3 is 1. The maximum Gasteiger partial charge on any atom is 0.259 e. The first-order valence-electron chi connectivity index (χ1n) is 9.72. The Bertz CT molecular complexity index is 939. The van der Waals surface area contributed by atoms with Crippen LogP contribution >= 0.6 is 0 Å². The van der Waals surface area contributed by atoms with Gasteiger partial charge in [-0.3, -0.25) is 4.79 Å². The molecule has 3 aromatic carbocycles. The summed E-state index contributed by atoms with van der Waals surface area (Å²) in [5, 5.41) is 2.85. The molecule has 0 atom stereocenters. The first kappa shape index (κ1) is 21.0. The van der Waals surface area contributed by atoms with Crippen molar-refractivity contribution in [2.24, 2.45) is 0 Å². The average molecular weight is 407 g/mol. The number of hydrogen-bond acceptors (Lipinski definition) is 5. The lowest BCUT2D eigenvalue weighted by Crippen LogP contribution is -2.13. The van der Waals surface area contributed by atoms with Crippen molar-refractivity contribution in [3.05, 3.63) is 78.4 Å². The lowest BCUT2D eigenvalue weighted by atomic mass is 10.2. The van der Waals surface area contributed by atoms with Crippen molar-refractivity contribution in [3.63, 3.8) is 0 Å². The number of amides is 1. The lowest BCUT2D eigenvalue weighted by molar-refractivity contribution is 0.102. The Kier molecular flexibility index (Phi) is 7.55. The molecule has 30 heavy (non-hydrogen) atoms. The molecule has 0 fully saturated rings. The molecule has 0 heterocycles. The molecule has 3 rings (SSSR count). The van der Waals surface area contributed by atoms with Gasteiger partial charge in [-0.05, 0) is 67.6 Å². The van der Waals surface area contributed by atoms with Crippen LogP contribution in [-0.2, 0) is 0 Å². The van der Waals surface area contributed by atoms with E-state index in [1.165, 1.54) is 7.11 Å². The number of rotatable bonds is 10. The smallest absolute Gasteiger partial charge is 0.259 e. The van der Waals surface area contributed by atoms with Crippen LogP contribution in [0, 0.1) is 0 Å². The quantitative estimate of drug-likeness (QED) is 0.489. The monoisotopic (exact) mass is 407 g/mol. The van der Waals surface area contributed by atoms with E-state index < -0.39 is 0 Å². The Morgan fingerprint density at radius 3 is 1.87 bits per heavy atom. The number of ether oxygens (including phenoxy) is 4. The Morgan fingerprint density at radius 2 is 1.30 bits per heavy atom. The highest BCUT2D eigenvalue weighted by Gasteiger charge is 2.11. The van der Waals surface area contributed by atoms with E-state index in [0.717, 1.165) is 11.5 Å². The molecular formula is C24H25NO5. The Balaban J connectivity index is 1.44. The van der Waals surface area contributed by atoms with Crippen molar-refractivity contribution in [1.82, 2.24) is 0 Å². The van der Waals surface area contributed by atoms with Gasteiger partial charge in [0, 0.05) is 5.69 Å². The SMILES string of the molecule is CCOc1ccc(OCCOc2ccc(NC(=O)c3ccccc3OC)cc2)cc1. The first-order chi connectivity index (χ1) is 14.7. The number of nitrogens with one attached hydrogen (secondary N) is 1. The summed E-state index contributed by atoms with van der Waals surface area (Å²) < 4.78 is 22.0. The summed E-state index contributed by atoms with van der Waals surface area (Å²) in [6.07, 6.45) is 0. The zero-order chi connectivity index (χ0) is 21.2. The number of para-hydroxylation sites is 1. The molecule has 6 heteroatoms. The van der Waals surface area contributed by atoms with Crippen molar-refractivity contribution in [1.29, 1.82) is 0 Å². The van der Waals surface area contributed by atoms with Crippen LogP contribution in [0.2, 0.25) is 0 Å². The number of benzene rings is 3. The van der Waals surface area contributed by atoms with Gasteiger partial charge in [-0.15, -0.1) is 0 Å². The van der Waals surface area contributed by atoms with E-state index in [0.29, 0.717) is 42.6 Å². The van der Waals surface area contributed by atoms with Gasteiger partial charge >= 0.3 is 0 Å². The first-order valence-corrected chi connectivity index (χ1v) is 9.72. The minimum absolute atomic E-state index is 0.232. The van der Waals surface area contributed by atoms with E-state index in [2.05, 4.69) is 5.32 Å². The fraction of sp³-hybridized carbons (Fsp3) is 0.208. The molecule has 1 N–H and O–H groups in total. The second kappa shape index (κ2) is 10.8. The highest BCUT2D eigenvalue weighted by atomic mass is 16.5. The molecule has 156 valence electrons. The molecule has 0 aromatic heterocycles. The predicted octanol–water partition coefficient (Wildman–Crippen LogP) is 4.80. The van der Waals surface area contributed by atoms with Crippen LogP contribution in [-0.4, -0.2) is 32.8 Å². The highest BCUT2D eigenvalue weighted by Crippen LogP contribution is 2.21. The second-order valence-electron chi connectivity index (χ2n) is 6.28. The van der Waals surface area contributed by atoms with Crippen molar-refractivity contribution in [2.75, 3.05) is 32.2 Å². The van der Waals surface area contributed by atoms with Crippen molar-refractivity contribution in [3.8, 4) is 23.0 Å². The average Bonchev–Trinajstić information content (AvgIpc) is 2.79. The normalized spacial score (nSPS) is 10.2. The molecule has 0 radical (unpaired) electrons. The molecular weight excluding hydrogens is 382 g/mol. The van der Waals surface area contributed by atoms with Crippen molar-refractivity contribution >= 4 is 11.6 Å². The van der Waals surface area contributed by atoms with Crippen molar-refractivity contribution < 1.29 is 23.7 Å². The van der Waals surface area contributed by atoms with Gasteiger partial charge in [-0.25, -0.2) is 0 Å². The summed E-state index contributed by atoms with van der Waals surface area (Å²) in [6, 6.07) is 21.7. The summed E-state index contributed by atoms with van der Waals surface area (Å²) in [7, 11) is 1.54. The van der Waals surface area contributed by atoms with E-state index in [1.807, 2.05) is 37.3 Å². The van der Waals surface area contributed by atoms with E-state index >= 15 is 0 Å². The summed E-state index contributed by atoms with van der Waals surface area (Å²) in [5.74, 6) is 2.57. The Labute approximate surface area is 176 Å². The minimum atomic E-state index is -0.232. The second-order valence-corrected chi connectivity index (χ2v) is 6.28. The summed E-state index contributed by atoms with van der Waals surface area (Å²) in [6.45, 7) is 3.40. The molecule has 0 bridgehead atoms. The number of anilines is 1. The third-order valence-electron chi connectivity index (χ3n) is 4.22. The van der Waals surface area contributed by atoms with Gasteiger partial charge in [0.05, 0.1) is 19.3 Å². The van der Waals surface area contributed by atoms with E-state index in [9.17, 15) is 4.79 Å². The van der Waals surface area contributed by atoms with Gasteiger partial charge in [-0.2, -0.15) is 0 Å². The van der Waals surface area contributed by atoms with Gasteiger partial charge < -0.3 is 24.3 Å². The van der Waals surface area contributed by atoms with E-state index in [-0.39, 0.29) is 5.91 Å². The number of hydrogen-bond donors (Lipinski definition) is 1. The zero-order valence-electron chi connectivity index (χ0n) is 17.1. The standard InChI is InChI=1S/C24H25NO5/c1-3-28-19-12-14-21(15-13-19)30-17-16-29-20-10-8-18(9-11-20)25-24(26)22-6-4-5-7-23(22)27-2/h4-15H,3,16-17H2,1-2H3,(H,25,26). The maximum atomic E-state index is 12.4. The van der Waals surface area contributed by atoms with Crippen LogP contribution in [0.4, 0.5) is 5.69 Å². The van der Waals surface area contributed by atoms with Crippen molar-refractivity contribution in [2.45, 2.75) is 6.92 Å². The van der Waals surface area contributed by atoms with Crippen LogP contribution in [0.5, 0.6) is 23.0 Å². The van der Waals surface area contributed by atoms with Gasteiger partial charge in [-0.1, -0.05) is 12.1 Å². The van der Waals surface area contributed by atoms with Crippen LogP contribution in [0.3, 0.4) is 0 Å². The van der Waals surface area contributed by atoms with Crippen LogP contribution in [0.15, 0.2) is 72.8 Å². The van der Waals surface area contributed by atoms with Gasteiger partial charge in [0.1, 0.15) is 36.2 Å². The van der Waals surface area contributed by atoms with Gasteiger partial charge in [0.25, 0.3) is 5.91 Å². The molecule has 0 spiro atoms. The lowest BCUT2D eigenvalue weighted by Gasteiger charge is -2.11. The van der Waals surface area contributed by atoms with Crippen LogP contribution in [0.25, 0.3) is 0 Å². The fourth-order valence-corrected chi connectivity index (χ4v) is 2.78. The van der Waals surface area contributed by atoms with E-state index in [1.54, 1.807) is 42.5 Å². The Hall–Kier alpha value is -3.67. The largest absolute Gasteiger partial charge is 0.496 e. The summed E-state index contributed by atoms with van der Waals surface area (Å²) in [4.78, 5) is 12.4. The molecule has 0 aliphatic heterocycles. The third kappa shape index (κ3) is 5.91. The fourth-order valence-electron chi connectivity index (χ4n) is 2.78. The predicted molar refractivity (Wildman–Crippen MR) is 116 cm³/mol.